The molecule has 2 N–H and O–H groups in total. The van der Waals surface area contributed by atoms with Crippen molar-refractivity contribution >= 4 is 34.4 Å². The van der Waals surface area contributed by atoms with Crippen molar-refractivity contribution in [3.05, 3.63) is 68.8 Å². The van der Waals surface area contributed by atoms with E-state index in [0.717, 1.165) is 3.57 Å². The molecule has 126 valence electrons. The van der Waals surface area contributed by atoms with Crippen LogP contribution in [0.1, 0.15) is 15.9 Å². The molecule has 0 saturated carbocycles. The highest BCUT2D eigenvalue weighted by molar-refractivity contribution is 14.1. The molecule has 24 heavy (non-hydrogen) atoms. The van der Waals surface area contributed by atoms with Crippen molar-refractivity contribution in [3.63, 3.8) is 0 Å². The third kappa shape index (κ3) is 4.98. The number of benzene rings is 2. The molecule has 0 unspecified atom stereocenters. The number of carbonyl (C=O) groups is 2. The predicted molar refractivity (Wildman–Crippen MR) is 94.6 cm³/mol. The Hall–Kier alpha value is -2.03. The van der Waals surface area contributed by atoms with Crippen LogP contribution in [0.4, 0.5) is 8.78 Å². The fraction of sp³-hybridized carbons (Fsp3) is 0.176. The number of nitrogens with one attached hydrogen (secondary N) is 2. The topological polar surface area (TPSA) is 58.2 Å². The lowest BCUT2D eigenvalue weighted by molar-refractivity contribution is -0.120. The molecule has 0 fully saturated rings. The van der Waals surface area contributed by atoms with E-state index in [4.69, 9.17) is 0 Å². The second-order valence-electron chi connectivity index (χ2n) is 4.96. The van der Waals surface area contributed by atoms with Crippen LogP contribution < -0.4 is 10.6 Å². The summed E-state index contributed by atoms with van der Waals surface area (Å²) in [7, 11) is 0. The van der Waals surface area contributed by atoms with Gasteiger partial charge in [-0.25, -0.2) is 8.78 Å². The molecule has 0 atom stereocenters. The maximum Gasteiger partial charge on any atom is 0.252 e. The fourth-order valence-corrected chi connectivity index (χ4v) is 2.69. The van der Waals surface area contributed by atoms with Crippen molar-refractivity contribution in [2.45, 2.75) is 6.42 Å². The van der Waals surface area contributed by atoms with E-state index in [2.05, 4.69) is 10.6 Å². The molecule has 0 bridgehead atoms. The SMILES string of the molecule is O=C(CNC(=O)c1ccccc1I)NCCc1c(F)cccc1F. The Morgan fingerprint density at radius 2 is 1.62 bits per heavy atom. The van der Waals surface area contributed by atoms with E-state index in [1.807, 2.05) is 28.7 Å². The third-order valence-corrected chi connectivity index (χ3v) is 4.23. The summed E-state index contributed by atoms with van der Waals surface area (Å²) in [5.74, 6) is -2.06. The lowest BCUT2D eigenvalue weighted by atomic mass is 10.1. The molecule has 4 nitrogen and oxygen atoms in total. The van der Waals surface area contributed by atoms with Crippen molar-refractivity contribution in [1.29, 1.82) is 0 Å². The third-order valence-electron chi connectivity index (χ3n) is 3.29. The van der Waals surface area contributed by atoms with E-state index in [-0.39, 0.29) is 31.0 Å². The highest BCUT2D eigenvalue weighted by Gasteiger charge is 2.11. The lowest BCUT2D eigenvalue weighted by Crippen LogP contribution is -2.38. The van der Waals surface area contributed by atoms with Gasteiger partial charge in [0.15, 0.2) is 0 Å². The lowest BCUT2D eigenvalue weighted by Gasteiger charge is -2.09. The van der Waals surface area contributed by atoms with Gasteiger partial charge in [-0.05, 0) is 53.3 Å². The smallest absolute Gasteiger partial charge is 0.252 e. The van der Waals surface area contributed by atoms with Crippen molar-refractivity contribution in [2.24, 2.45) is 0 Å². The van der Waals surface area contributed by atoms with Crippen molar-refractivity contribution in [3.8, 4) is 0 Å². The number of amides is 2. The minimum Gasteiger partial charge on any atom is -0.354 e. The van der Waals surface area contributed by atoms with Crippen LogP contribution in [0, 0.1) is 15.2 Å². The molecule has 0 radical (unpaired) electrons. The Kier molecular flexibility index (Phi) is 6.65. The van der Waals surface area contributed by atoms with E-state index in [1.165, 1.54) is 18.2 Å². The Balaban J connectivity index is 1.78. The zero-order chi connectivity index (χ0) is 17.5. The van der Waals surface area contributed by atoms with Gasteiger partial charge in [0, 0.05) is 15.7 Å². The molecule has 2 amide bonds. The maximum absolute atomic E-state index is 13.4. The van der Waals surface area contributed by atoms with E-state index in [0.29, 0.717) is 5.56 Å². The van der Waals surface area contributed by atoms with Crippen molar-refractivity contribution in [1.82, 2.24) is 10.6 Å². The fourth-order valence-electron chi connectivity index (χ4n) is 2.06. The van der Waals surface area contributed by atoms with Crippen LogP contribution in [0.5, 0.6) is 0 Å². The van der Waals surface area contributed by atoms with Gasteiger partial charge in [-0.2, -0.15) is 0 Å². The van der Waals surface area contributed by atoms with Gasteiger partial charge in [-0.3, -0.25) is 9.59 Å². The van der Waals surface area contributed by atoms with Gasteiger partial charge in [0.1, 0.15) is 11.6 Å². The average Bonchev–Trinajstić information content (AvgIpc) is 2.56. The van der Waals surface area contributed by atoms with Crippen LogP contribution in [0.25, 0.3) is 0 Å². The summed E-state index contributed by atoms with van der Waals surface area (Å²) in [4.78, 5) is 23.7. The summed E-state index contributed by atoms with van der Waals surface area (Å²) in [6.07, 6.45) is 0.0365. The first kappa shape index (κ1) is 18.3. The summed E-state index contributed by atoms with van der Waals surface area (Å²) >= 11 is 2.04. The average molecular weight is 444 g/mol. The standard InChI is InChI=1S/C17H15F2IN2O2/c18-13-5-3-6-14(19)11(13)8-9-21-16(23)10-22-17(24)12-4-1-2-7-15(12)20/h1-7H,8-10H2,(H,21,23)(H,22,24). The van der Waals surface area contributed by atoms with Crippen LogP contribution in [0.15, 0.2) is 42.5 Å². The molecule has 0 aliphatic carbocycles. The molecular formula is C17H15F2IN2O2. The molecule has 0 aliphatic heterocycles. The second-order valence-corrected chi connectivity index (χ2v) is 6.12. The Morgan fingerprint density at radius 1 is 0.958 bits per heavy atom. The van der Waals surface area contributed by atoms with Gasteiger partial charge in [0.25, 0.3) is 5.91 Å². The number of halogens is 3. The predicted octanol–water partition coefficient (Wildman–Crippen LogP) is 2.66. The monoisotopic (exact) mass is 444 g/mol. The van der Waals surface area contributed by atoms with Gasteiger partial charge in [0.2, 0.25) is 5.91 Å². The highest BCUT2D eigenvalue weighted by atomic mass is 127. The molecule has 0 saturated heterocycles. The molecule has 0 aromatic heterocycles. The van der Waals surface area contributed by atoms with Crippen molar-refractivity contribution < 1.29 is 18.4 Å². The molecular weight excluding hydrogens is 429 g/mol. The second kappa shape index (κ2) is 8.72. The summed E-state index contributed by atoms with van der Waals surface area (Å²) in [6.45, 7) is -0.126. The van der Waals surface area contributed by atoms with Crippen LogP contribution in [0.3, 0.4) is 0 Å². The van der Waals surface area contributed by atoms with E-state index >= 15 is 0 Å². The number of rotatable bonds is 6. The van der Waals surface area contributed by atoms with E-state index in [9.17, 15) is 18.4 Å². The van der Waals surface area contributed by atoms with Crippen LogP contribution in [-0.4, -0.2) is 24.9 Å². The molecule has 0 spiro atoms. The Bertz CT molecular complexity index is 733. The molecule has 0 aliphatic rings. The van der Waals surface area contributed by atoms with Gasteiger partial charge in [-0.15, -0.1) is 0 Å². The number of hydrogen-bond donors (Lipinski definition) is 2. The highest BCUT2D eigenvalue weighted by Crippen LogP contribution is 2.12. The van der Waals surface area contributed by atoms with Gasteiger partial charge >= 0.3 is 0 Å². The summed E-state index contributed by atoms with van der Waals surface area (Å²) in [5.41, 5.74) is 0.417. The maximum atomic E-state index is 13.4. The van der Waals surface area contributed by atoms with E-state index in [1.54, 1.807) is 18.2 Å². The van der Waals surface area contributed by atoms with Crippen LogP contribution in [0.2, 0.25) is 0 Å². The van der Waals surface area contributed by atoms with Crippen molar-refractivity contribution in [2.75, 3.05) is 13.1 Å². The summed E-state index contributed by atoms with van der Waals surface area (Å²) in [6, 6.07) is 10.6. The minimum atomic E-state index is -0.642. The molecule has 2 rings (SSSR count). The summed E-state index contributed by atoms with van der Waals surface area (Å²) in [5, 5.41) is 5.03. The quantitative estimate of drug-likeness (QED) is 0.674. The Labute approximate surface area is 151 Å². The zero-order valence-corrected chi connectivity index (χ0v) is 14.8. The normalized spacial score (nSPS) is 10.3. The zero-order valence-electron chi connectivity index (χ0n) is 12.6. The number of hydrogen-bond acceptors (Lipinski definition) is 2. The van der Waals surface area contributed by atoms with Gasteiger partial charge in [0.05, 0.1) is 12.1 Å². The van der Waals surface area contributed by atoms with E-state index < -0.39 is 17.5 Å². The van der Waals surface area contributed by atoms with Crippen LogP contribution >= 0.6 is 22.6 Å². The minimum absolute atomic E-state index is 0.0365. The molecule has 2 aromatic carbocycles. The Morgan fingerprint density at radius 3 is 2.29 bits per heavy atom. The van der Waals surface area contributed by atoms with Gasteiger partial charge in [-0.1, -0.05) is 18.2 Å². The summed E-state index contributed by atoms with van der Waals surface area (Å²) < 4.78 is 27.7. The first-order chi connectivity index (χ1) is 11.5. The first-order valence-electron chi connectivity index (χ1n) is 7.21. The van der Waals surface area contributed by atoms with Gasteiger partial charge < -0.3 is 10.6 Å². The number of carbonyl (C=O) groups excluding carboxylic acids is 2. The van der Waals surface area contributed by atoms with Crippen LogP contribution in [-0.2, 0) is 11.2 Å². The first-order valence-corrected chi connectivity index (χ1v) is 8.29. The molecule has 0 heterocycles. The molecule has 2 aromatic rings. The molecule has 7 heteroatoms. The largest absolute Gasteiger partial charge is 0.354 e.